The van der Waals surface area contributed by atoms with Gasteiger partial charge in [-0.05, 0) is 37.3 Å². The fraction of sp³-hybridized carbons (Fsp3) is 0.188. The van der Waals surface area contributed by atoms with Gasteiger partial charge in [0.2, 0.25) is 5.75 Å². The van der Waals surface area contributed by atoms with Gasteiger partial charge in [0, 0.05) is 11.6 Å². The summed E-state index contributed by atoms with van der Waals surface area (Å²) in [5.41, 5.74) is 3.54. The lowest BCUT2D eigenvalue weighted by Gasteiger charge is -2.10. The Bertz CT molecular complexity index is 748. The highest BCUT2D eigenvalue weighted by Crippen LogP contribution is 2.37. The first-order chi connectivity index (χ1) is 11.5. The van der Waals surface area contributed by atoms with Gasteiger partial charge in [-0.3, -0.25) is 15.5 Å². The molecule has 2 aromatic carbocycles. The summed E-state index contributed by atoms with van der Waals surface area (Å²) in [6.45, 7) is 2.00. The van der Waals surface area contributed by atoms with E-state index in [1.54, 1.807) is 13.0 Å². The highest BCUT2D eigenvalue weighted by Gasteiger charge is 2.21. The van der Waals surface area contributed by atoms with Crippen LogP contribution in [0.1, 0.15) is 12.5 Å². The summed E-state index contributed by atoms with van der Waals surface area (Å²) in [5.74, 6) is -0.0284. The molecule has 0 heterocycles. The Labute approximate surface area is 137 Å². The Kier molecular flexibility index (Phi) is 5.67. The number of nitro benzene ring substituents is 1. The number of methoxy groups -OCH3 is 1. The summed E-state index contributed by atoms with van der Waals surface area (Å²) in [6.07, 6.45) is 1.40. The van der Waals surface area contributed by atoms with Crippen molar-refractivity contribution in [2.75, 3.05) is 19.1 Å². The van der Waals surface area contributed by atoms with E-state index in [-0.39, 0.29) is 29.6 Å². The van der Waals surface area contributed by atoms with Crippen LogP contribution in [-0.2, 0) is 0 Å². The number of hydrogen-bond acceptors (Lipinski definition) is 6. The zero-order valence-corrected chi connectivity index (χ0v) is 13.2. The fourth-order valence-electron chi connectivity index (χ4n) is 1.97. The van der Waals surface area contributed by atoms with Crippen LogP contribution in [0.2, 0.25) is 0 Å². The van der Waals surface area contributed by atoms with E-state index in [1.807, 2.05) is 0 Å². The molecule has 2 rings (SSSR count). The van der Waals surface area contributed by atoms with Gasteiger partial charge >= 0.3 is 5.69 Å². The lowest BCUT2D eigenvalue weighted by Crippen LogP contribution is -2.02. The molecule has 0 amide bonds. The Morgan fingerprint density at radius 2 is 2.04 bits per heavy atom. The van der Waals surface area contributed by atoms with Gasteiger partial charge in [0.1, 0.15) is 5.82 Å². The lowest BCUT2D eigenvalue weighted by molar-refractivity contribution is -0.385. The topological polar surface area (TPSA) is 86.0 Å². The first-order valence-electron chi connectivity index (χ1n) is 7.09. The SMILES string of the molecule is CCOc1c(OC)cc(/C=N/Nc2ccc(F)cc2)cc1[N+](=O)[O-]. The minimum absolute atomic E-state index is 0.0774. The molecule has 0 saturated carbocycles. The average molecular weight is 333 g/mol. The smallest absolute Gasteiger partial charge is 0.315 e. The molecular formula is C16H16FN3O4. The van der Waals surface area contributed by atoms with E-state index in [0.29, 0.717) is 11.3 Å². The number of hydrazone groups is 1. The van der Waals surface area contributed by atoms with Crippen LogP contribution in [0.4, 0.5) is 15.8 Å². The maximum absolute atomic E-state index is 12.8. The molecule has 0 radical (unpaired) electrons. The molecule has 0 spiro atoms. The van der Waals surface area contributed by atoms with E-state index in [0.717, 1.165) is 0 Å². The second kappa shape index (κ2) is 7.91. The summed E-state index contributed by atoms with van der Waals surface area (Å²) >= 11 is 0. The molecule has 2 aromatic rings. The predicted octanol–water partition coefficient (Wildman–Crippen LogP) is 3.59. The maximum Gasteiger partial charge on any atom is 0.315 e. The molecule has 1 N–H and O–H groups in total. The Balaban J connectivity index is 2.26. The van der Waals surface area contributed by atoms with Crippen molar-refractivity contribution in [3.8, 4) is 11.5 Å². The van der Waals surface area contributed by atoms with Crippen LogP contribution in [-0.4, -0.2) is 24.9 Å². The van der Waals surface area contributed by atoms with Crippen molar-refractivity contribution in [1.29, 1.82) is 0 Å². The van der Waals surface area contributed by atoms with Gasteiger partial charge in [0.25, 0.3) is 0 Å². The summed E-state index contributed by atoms with van der Waals surface area (Å²) in [7, 11) is 1.40. The molecule has 0 atom stereocenters. The van der Waals surface area contributed by atoms with Crippen molar-refractivity contribution < 1.29 is 18.8 Å². The average Bonchev–Trinajstić information content (AvgIpc) is 2.57. The first kappa shape index (κ1) is 17.2. The molecule has 0 aromatic heterocycles. The van der Waals surface area contributed by atoms with Crippen molar-refractivity contribution in [1.82, 2.24) is 0 Å². The maximum atomic E-state index is 12.8. The monoisotopic (exact) mass is 333 g/mol. The van der Waals surface area contributed by atoms with Crippen molar-refractivity contribution in [3.05, 3.63) is 57.9 Å². The van der Waals surface area contributed by atoms with Gasteiger partial charge in [0.15, 0.2) is 5.75 Å². The van der Waals surface area contributed by atoms with Crippen molar-refractivity contribution in [2.24, 2.45) is 5.10 Å². The number of halogens is 1. The van der Waals surface area contributed by atoms with Crippen LogP contribution in [0.5, 0.6) is 11.5 Å². The number of anilines is 1. The number of rotatable bonds is 7. The van der Waals surface area contributed by atoms with Gasteiger partial charge in [-0.15, -0.1) is 0 Å². The molecule has 7 nitrogen and oxygen atoms in total. The molecule has 0 aliphatic rings. The van der Waals surface area contributed by atoms with Gasteiger partial charge < -0.3 is 9.47 Å². The number of benzene rings is 2. The van der Waals surface area contributed by atoms with Crippen molar-refractivity contribution >= 4 is 17.6 Å². The van der Waals surface area contributed by atoms with Crippen LogP contribution in [0.3, 0.4) is 0 Å². The third-order valence-electron chi connectivity index (χ3n) is 3.01. The third-order valence-corrected chi connectivity index (χ3v) is 3.01. The quantitative estimate of drug-likeness (QED) is 0.475. The van der Waals surface area contributed by atoms with Crippen LogP contribution < -0.4 is 14.9 Å². The number of hydrogen-bond donors (Lipinski definition) is 1. The second-order valence-electron chi connectivity index (χ2n) is 4.64. The van der Waals surface area contributed by atoms with Crippen LogP contribution >= 0.6 is 0 Å². The third kappa shape index (κ3) is 4.19. The van der Waals surface area contributed by atoms with E-state index < -0.39 is 4.92 Å². The molecule has 126 valence electrons. The molecule has 0 fully saturated rings. The normalized spacial score (nSPS) is 10.6. The zero-order chi connectivity index (χ0) is 17.5. The minimum Gasteiger partial charge on any atom is -0.493 e. The fourth-order valence-corrected chi connectivity index (χ4v) is 1.97. The molecule has 0 bridgehead atoms. The second-order valence-corrected chi connectivity index (χ2v) is 4.64. The predicted molar refractivity (Wildman–Crippen MR) is 88.4 cm³/mol. The molecule has 0 saturated heterocycles. The summed E-state index contributed by atoms with van der Waals surface area (Å²) in [5, 5.41) is 15.2. The van der Waals surface area contributed by atoms with Gasteiger partial charge in [-0.25, -0.2) is 4.39 Å². The highest BCUT2D eigenvalue weighted by atomic mass is 19.1. The van der Waals surface area contributed by atoms with Crippen LogP contribution in [0.25, 0.3) is 0 Å². The summed E-state index contributed by atoms with van der Waals surface area (Å²) in [6, 6.07) is 8.55. The standard InChI is InChI=1S/C16H16FN3O4/c1-3-24-16-14(20(21)22)8-11(9-15(16)23-2)10-18-19-13-6-4-12(17)5-7-13/h4-10,19H,3H2,1-2H3/b18-10+. The minimum atomic E-state index is -0.543. The number of nitro groups is 1. The molecule has 0 unspecified atom stereocenters. The first-order valence-corrected chi connectivity index (χ1v) is 7.09. The van der Waals surface area contributed by atoms with Gasteiger partial charge in [-0.1, -0.05) is 0 Å². The van der Waals surface area contributed by atoms with E-state index in [4.69, 9.17) is 9.47 Å². The molecular weight excluding hydrogens is 317 g/mol. The molecule has 0 aliphatic heterocycles. The number of nitrogens with one attached hydrogen (secondary N) is 1. The van der Waals surface area contributed by atoms with Crippen LogP contribution in [0.15, 0.2) is 41.5 Å². The lowest BCUT2D eigenvalue weighted by atomic mass is 10.2. The van der Waals surface area contributed by atoms with E-state index in [9.17, 15) is 14.5 Å². The highest BCUT2D eigenvalue weighted by molar-refractivity contribution is 5.83. The summed E-state index contributed by atoms with van der Waals surface area (Å²) in [4.78, 5) is 10.7. The van der Waals surface area contributed by atoms with E-state index in [2.05, 4.69) is 10.5 Å². The molecule has 24 heavy (non-hydrogen) atoms. The van der Waals surface area contributed by atoms with Gasteiger partial charge in [0.05, 0.1) is 30.5 Å². The van der Waals surface area contributed by atoms with Crippen molar-refractivity contribution in [2.45, 2.75) is 6.92 Å². The Hall–Kier alpha value is -3.16. The Morgan fingerprint density at radius 3 is 2.62 bits per heavy atom. The largest absolute Gasteiger partial charge is 0.493 e. The Morgan fingerprint density at radius 1 is 1.33 bits per heavy atom. The molecule has 0 aliphatic carbocycles. The van der Waals surface area contributed by atoms with Gasteiger partial charge in [-0.2, -0.15) is 5.10 Å². The van der Waals surface area contributed by atoms with E-state index >= 15 is 0 Å². The number of ether oxygens (including phenoxy) is 2. The summed E-state index contributed by atoms with van der Waals surface area (Å²) < 4.78 is 23.3. The number of nitrogens with zero attached hydrogens (tertiary/aromatic N) is 2. The molecule has 8 heteroatoms. The zero-order valence-electron chi connectivity index (χ0n) is 13.2. The van der Waals surface area contributed by atoms with Crippen LogP contribution in [0, 0.1) is 15.9 Å². The van der Waals surface area contributed by atoms with Crippen molar-refractivity contribution in [3.63, 3.8) is 0 Å². The van der Waals surface area contributed by atoms with E-state index in [1.165, 1.54) is 43.7 Å².